The van der Waals surface area contributed by atoms with E-state index in [1.807, 2.05) is 18.2 Å². The maximum Gasteiger partial charge on any atom is 0.416 e. The summed E-state index contributed by atoms with van der Waals surface area (Å²) in [4.78, 5) is 22.2. The molecule has 5 rings (SSSR count). The van der Waals surface area contributed by atoms with Gasteiger partial charge in [0.15, 0.2) is 0 Å². The van der Waals surface area contributed by atoms with Crippen molar-refractivity contribution in [3.8, 4) is 0 Å². The van der Waals surface area contributed by atoms with Crippen molar-refractivity contribution >= 4 is 16.8 Å². The molecule has 0 radical (unpaired) electrons. The molecule has 1 amide bonds. The first-order chi connectivity index (χ1) is 16.6. The molecule has 178 valence electrons. The minimum absolute atomic E-state index is 0.109. The monoisotopic (exact) mass is 475 g/mol. The van der Waals surface area contributed by atoms with Gasteiger partial charge in [-0.25, -0.2) is 0 Å². The van der Waals surface area contributed by atoms with Gasteiger partial charge in [0.25, 0.3) is 5.91 Å². The number of alkyl halides is 3. The van der Waals surface area contributed by atoms with Gasteiger partial charge in [-0.05, 0) is 71.3 Å². The van der Waals surface area contributed by atoms with E-state index in [9.17, 15) is 18.0 Å². The fourth-order valence-corrected chi connectivity index (χ4v) is 4.57. The quantitative estimate of drug-likeness (QED) is 0.350. The molecule has 0 bridgehead atoms. The zero-order valence-electron chi connectivity index (χ0n) is 19.3. The fourth-order valence-electron chi connectivity index (χ4n) is 4.57. The van der Waals surface area contributed by atoms with Crippen molar-refractivity contribution in [2.24, 2.45) is 5.41 Å². The lowest BCUT2D eigenvalue weighted by molar-refractivity contribution is -0.137. The Kier molecular flexibility index (Phi) is 5.58. The topological polar surface area (TPSA) is 54.9 Å². The maximum absolute atomic E-state index is 13.4. The molecule has 2 aromatic heterocycles. The first kappa shape index (κ1) is 23.0. The lowest BCUT2D eigenvalue weighted by atomic mass is 9.93. The third kappa shape index (κ3) is 4.63. The average Bonchev–Trinajstić information content (AvgIpc) is 3.49. The summed E-state index contributed by atoms with van der Waals surface area (Å²) in [5, 5.41) is 3.86. The van der Waals surface area contributed by atoms with Crippen LogP contribution in [0.3, 0.4) is 0 Å². The molecule has 0 aliphatic heterocycles. The molecular weight excluding hydrogens is 451 g/mol. The Morgan fingerprint density at radius 2 is 1.69 bits per heavy atom. The van der Waals surface area contributed by atoms with Gasteiger partial charge in [-0.2, -0.15) is 13.2 Å². The summed E-state index contributed by atoms with van der Waals surface area (Å²) in [6.45, 7) is 4.34. The Morgan fingerprint density at radius 1 is 1.00 bits per heavy atom. The fraction of sp³-hybridized carbons (Fsp3) is 0.250. The van der Waals surface area contributed by atoms with Crippen molar-refractivity contribution in [1.82, 2.24) is 15.3 Å². The Balaban J connectivity index is 1.54. The molecule has 1 aliphatic carbocycles. The zero-order valence-corrected chi connectivity index (χ0v) is 19.3. The van der Waals surface area contributed by atoms with Crippen LogP contribution >= 0.6 is 0 Å². The van der Waals surface area contributed by atoms with Gasteiger partial charge in [-0.15, -0.1) is 0 Å². The Bertz CT molecular complexity index is 1400. The highest BCUT2D eigenvalue weighted by Crippen LogP contribution is 2.59. The number of fused-ring (bicyclic) bond motifs is 1. The van der Waals surface area contributed by atoms with E-state index in [1.165, 1.54) is 12.1 Å². The molecule has 7 heteroatoms. The van der Waals surface area contributed by atoms with E-state index in [0.29, 0.717) is 16.8 Å². The van der Waals surface area contributed by atoms with Crippen LogP contribution in [-0.4, -0.2) is 15.9 Å². The molecule has 0 unspecified atom stereocenters. The maximum atomic E-state index is 13.4. The van der Waals surface area contributed by atoms with E-state index in [4.69, 9.17) is 0 Å². The highest BCUT2D eigenvalue weighted by molar-refractivity contribution is 5.98. The molecule has 0 spiro atoms. The second kappa shape index (κ2) is 8.48. The summed E-state index contributed by atoms with van der Waals surface area (Å²) >= 11 is 0. The summed E-state index contributed by atoms with van der Waals surface area (Å²) in [6.07, 6.45) is -0.120. The Labute approximate surface area is 201 Å². The Morgan fingerprint density at radius 3 is 2.37 bits per heavy atom. The number of aromatic nitrogens is 2. The molecule has 1 aliphatic rings. The molecule has 4 aromatic rings. The van der Waals surface area contributed by atoms with Crippen LogP contribution in [0.5, 0.6) is 0 Å². The summed E-state index contributed by atoms with van der Waals surface area (Å²) in [5.74, 6) is -0.0703. The van der Waals surface area contributed by atoms with Crippen LogP contribution in [0.2, 0.25) is 0 Å². The van der Waals surface area contributed by atoms with Crippen LogP contribution in [0.1, 0.15) is 65.0 Å². The number of benzene rings is 2. The minimum Gasteiger partial charge on any atom is -0.340 e. The summed E-state index contributed by atoms with van der Waals surface area (Å²) in [5.41, 5.74) is 2.77. The molecule has 2 heterocycles. The molecule has 2 atom stereocenters. The number of pyridine rings is 2. The largest absolute Gasteiger partial charge is 0.416 e. The molecule has 1 saturated carbocycles. The molecule has 1 N–H and O–H groups in total. The van der Waals surface area contributed by atoms with Crippen LogP contribution in [0.25, 0.3) is 10.9 Å². The number of nitrogens with one attached hydrogen (secondary N) is 1. The number of halogens is 3. The van der Waals surface area contributed by atoms with E-state index in [-0.39, 0.29) is 17.2 Å². The molecule has 4 nitrogen and oxygen atoms in total. The van der Waals surface area contributed by atoms with Crippen molar-refractivity contribution in [3.05, 3.63) is 107 Å². The van der Waals surface area contributed by atoms with Gasteiger partial charge >= 0.3 is 6.18 Å². The third-order valence-electron chi connectivity index (χ3n) is 6.75. The lowest BCUT2D eigenvalue weighted by Gasteiger charge is -2.23. The summed E-state index contributed by atoms with van der Waals surface area (Å²) in [6, 6.07) is 16.9. The minimum atomic E-state index is -4.44. The number of carbonyl (C=O) groups is 1. The average molecular weight is 476 g/mol. The smallest absolute Gasteiger partial charge is 0.340 e. The first-order valence-electron chi connectivity index (χ1n) is 11.4. The normalized spacial score (nSPS) is 17.7. The van der Waals surface area contributed by atoms with Crippen LogP contribution < -0.4 is 5.32 Å². The van der Waals surface area contributed by atoms with Gasteiger partial charge in [0.1, 0.15) is 0 Å². The van der Waals surface area contributed by atoms with E-state index in [0.717, 1.165) is 35.0 Å². The number of nitrogens with zero attached hydrogens (tertiary/aromatic N) is 2. The highest BCUT2D eigenvalue weighted by atomic mass is 19.4. The van der Waals surface area contributed by atoms with Gasteiger partial charge < -0.3 is 5.32 Å². The van der Waals surface area contributed by atoms with Gasteiger partial charge in [0.05, 0.1) is 22.8 Å². The van der Waals surface area contributed by atoms with Crippen LogP contribution in [0, 0.1) is 5.41 Å². The molecule has 2 aromatic carbocycles. The second-order valence-electron chi connectivity index (χ2n) is 9.66. The first-order valence-corrected chi connectivity index (χ1v) is 11.4. The van der Waals surface area contributed by atoms with Gasteiger partial charge in [-0.1, -0.05) is 38.1 Å². The van der Waals surface area contributed by atoms with Crippen LogP contribution in [-0.2, 0) is 6.18 Å². The molecule has 1 fully saturated rings. The number of hydrogen-bond acceptors (Lipinski definition) is 3. The van der Waals surface area contributed by atoms with Gasteiger partial charge in [0, 0.05) is 23.3 Å². The molecule has 0 saturated heterocycles. The predicted octanol–water partition coefficient (Wildman–Crippen LogP) is 6.68. The number of hydrogen-bond donors (Lipinski definition) is 1. The molecular formula is C28H24F3N3O. The summed E-state index contributed by atoms with van der Waals surface area (Å²) in [7, 11) is 0. The second-order valence-corrected chi connectivity index (χ2v) is 9.66. The molecule has 35 heavy (non-hydrogen) atoms. The lowest BCUT2D eigenvalue weighted by Crippen LogP contribution is -2.31. The number of amides is 1. The predicted molar refractivity (Wildman–Crippen MR) is 128 cm³/mol. The van der Waals surface area contributed by atoms with E-state index in [2.05, 4.69) is 29.1 Å². The van der Waals surface area contributed by atoms with Crippen molar-refractivity contribution < 1.29 is 18.0 Å². The van der Waals surface area contributed by atoms with E-state index < -0.39 is 17.8 Å². The van der Waals surface area contributed by atoms with Gasteiger partial charge in [0.2, 0.25) is 0 Å². The van der Waals surface area contributed by atoms with E-state index in [1.54, 1.807) is 36.7 Å². The van der Waals surface area contributed by atoms with E-state index >= 15 is 0 Å². The Hall–Kier alpha value is -3.74. The van der Waals surface area contributed by atoms with Crippen molar-refractivity contribution in [3.63, 3.8) is 0 Å². The van der Waals surface area contributed by atoms with Crippen molar-refractivity contribution in [2.45, 2.75) is 38.4 Å². The van der Waals surface area contributed by atoms with Gasteiger partial charge in [-0.3, -0.25) is 14.8 Å². The van der Waals surface area contributed by atoms with Crippen molar-refractivity contribution in [1.29, 1.82) is 0 Å². The number of rotatable bonds is 5. The van der Waals surface area contributed by atoms with Crippen LogP contribution in [0.4, 0.5) is 13.2 Å². The third-order valence-corrected chi connectivity index (χ3v) is 6.75. The van der Waals surface area contributed by atoms with Crippen molar-refractivity contribution in [2.75, 3.05) is 0 Å². The standard InChI is InChI=1S/C28H24F3N3O/c1-27(2)16-22(27)21-6-4-14-33-25(21)24(17-7-10-20(11-8-17)28(29,30)31)34-26(35)19-9-12-23-18(15-19)5-3-13-32-23/h3-15,22,24H,16H2,1-2H3,(H,34,35)/t22-,24-/m0/s1. The summed E-state index contributed by atoms with van der Waals surface area (Å²) < 4.78 is 39.5. The SMILES string of the molecule is CC1(C)C[C@H]1c1cccnc1[C@@H](NC(=O)c1ccc2ncccc2c1)c1ccc(C(F)(F)F)cc1. The number of carbonyl (C=O) groups excluding carboxylic acids is 1. The zero-order chi connectivity index (χ0) is 24.8. The van der Waals surface area contributed by atoms with Crippen LogP contribution in [0.15, 0.2) is 79.1 Å². The highest BCUT2D eigenvalue weighted by Gasteiger charge is 2.48.